The molecule has 1 aromatic rings. The monoisotopic (exact) mass is 251 g/mol. The van der Waals surface area contributed by atoms with E-state index >= 15 is 0 Å². The highest BCUT2D eigenvalue weighted by atomic mass is 19.3. The number of hydrogen-bond acceptors (Lipinski definition) is 3. The summed E-state index contributed by atoms with van der Waals surface area (Å²) in [7, 11) is 0. The number of Topliss-reactive ketones (excluding diaryl/α,β-unsaturated/α-hetero) is 1. The van der Waals surface area contributed by atoms with E-state index in [1.165, 1.54) is 18.2 Å². The van der Waals surface area contributed by atoms with Crippen molar-refractivity contribution in [3.05, 3.63) is 35.9 Å². The zero-order valence-electron chi connectivity index (χ0n) is 8.41. The Balaban J connectivity index is 3.11. The van der Waals surface area contributed by atoms with Gasteiger partial charge in [-0.05, 0) is 0 Å². The van der Waals surface area contributed by atoms with Crippen LogP contribution in [0.25, 0.3) is 0 Å². The highest BCUT2D eigenvalue weighted by molar-refractivity contribution is 6.02. The van der Waals surface area contributed by atoms with Crippen LogP contribution in [0.15, 0.2) is 30.3 Å². The van der Waals surface area contributed by atoms with E-state index < -0.39 is 29.4 Å². The molecule has 0 aromatic heterocycles. The summed E-state index contributed by atoms with van der Waals surface area (Å²) in [4.78, 5) is 11.3. The van der Waals surface area contributed by atoms with Crippen LogP contribution in [0.4, 0.5) is 17.6 Å². The van der Waals surface area contributed by atoms with E-state index in [9.17, 15) is 22.4 Å². The molecular formula is C10H9F4NO2. The lowest BCUT2D eigenvalue weighted by molar-refractivity contribution is -0.205. The van der Waals surface area contributed by atoms with Crippen LogP contribution >= 0.6 is 0 Å². The summed E-state index contributed by atoms with van der Waals surface area (Å²) >= 11 is 0. The molecule has 0 fully saturated rings. The fraction of sp³-hybridized carbons (Fsp3) is 0.300. The van der Waals surface area contributed by atoms with Gasteiger partial charge < -0.3 is 5.11 Å². The zero-order valence-corrected chi connectivity index (χ0v) is 8.41. The first kappa shape index (κ1) is 13.6. The minimum Gasteiger partial charge on any atom is -0.352 e. The maximum Gasteiger partial charge on any atom is 0.324 e. The zero-order chi connectivity index (χ0) is 13.3. The molecule has 2 unspecified atom stereocenters. The molecule has 0 aliphatic carbocycles. The molecule has 94 valence electrons. The third kappa shape index (κ3) is 2.29. The van der Waals surface area contributed by atoms with Crippen molar-refractivity contribution >= 4 is 5.78 Å². The van der Waals surface area contributed by atoms with Crippen molar-refractivity contribution in [2.24, 2.45) is 5.73 Å². The molecule has 0 aliphatic rings. The molecule has 1 aromatic carbocycles. The van der Waals surface area contributed by atoms with E-state index in [2.05, 4.69) is 5.73 Å². The quantitative estimate of drug-likeness (QED) is 0.483. The van der Waals surface area contributed by atoms with Gasteiger partial charge in [0.2, 0.25) is 5.78 Å². The summed E-state index contributed by atoms with van der Waals surface area (Å²) in [6, 6.07) is 6.12. The maximum atomic E-state index is 13.4. The van der Waals surface area contributed by atoms with Crippen molar-refractivity contribution in [1.82, 2.24) is 0 Å². The first-order valence-electron chi connectivity index (χ1n) is 4.48. The SMILES string of the molecule is NC(F)(C(F)F)C(O)(F)C(=O)c1ccccc1. The highest BCUT2D eigenvalue weighted by Crippen LogP contribution is 2.32. The average Bonchev–Trinajstić information content (AvgIpc) is 2.28. The number of ketones is 1. The van der Waals surface area contributed by atoms with Crippen LogP contribution < -0.4 is 5.73 Å². The van der Waals surface area contributed by atoms with Gasteiger partial charge in [0, 0.05) is 5.56 Å². The number of rotatable bonds is 4. The van der Waals surface area contributed by atoms with Gasteiger partial charge in [-0.3, -0.25) is 10.5 Å². The molecular weight excluding hydrogens is 242 g/mol. The lowest BCUT2D eigenvalue weighted by Gasteiger charge is -2.29. The molecule has 2 atom stereocenters. The molecule has 0 bridgehead atoms. The minimum absolute atomic E-state index is 0.467. The fourth-order valence-corrected chi connectivity index (χ4v) is 1.10. The number of nitrogens with two attached hydrogens (primary N) is 1. The van der Waals surface area contributed by atoms with E-state index in [1.54, 1.807) is 0 Å². The van der Waals surface area contributed by atoms with Gasteiger partial charge in [-0.2, -0.15) is 4.39 Å². The largest absolute Gasteiger partial charge is 0.352 e. The number of carbonyl (C=O) groups is 1. The van der Waals surface area contributed by atoms with Gasteiger partial charge in [-0.15, -0.1) is 0 Å². The molecule has 0 heterocycles. The summed E-state index contributed by atoms with van der Waals surface area (Å²) in [5.74, 6) is -10.8. The van der Waals surface area contributed by atoms with Crippen LogP contribution in [0.1, 0.15) is 10.4 Å². The number of alkyl halides is 4. The summed E-state index contributed by atoms with van der Waals surface area (Å²) in [5, 5.41) is 8.94. The normalized spacial score (nSPS) is 18.5. The number of carbonyl (C=O) groups excluding carboxylic acids is 1. The Labute approximate surface area is 93.8 Å². The Kier molecular flexibility index (Phi) is 3.53. The van der Waals surface area contributed by atoms with E-state index in [0.29, 0.717) is 0 Å². The van der Waals surface area contributed by atoms with Crippen LogP contribution in [-0.4, -0.2) is 29.0 Å². The van der Waals surface area contributed by atoms with Gasteiger partial charge in [0.25, 0.3) is 12.2 Å². The Morgan fingerprint density at radius 1 is 1.24 bits per heavy atom. The Morgan fingerprint density at radius 3 is 2.12 bits per heavy atom. The second-order valence-corrected chi connectivity index (χ2v) is 3.39. The van der Waals surface area contributed by atoms with Gasteiger partial charge in [-0.25, -0.2) is 13.2 Å². The van der Waals surface area contributed by atoms with Crippen LogP contribution in [0.2, 0.25) is 0 Å². The maximum absolute atomic E-state index is 13.4. The van der Waals surface area contributed by atoms with Crippen LogP contribution in [0.3, 0.4) is 0 Å². The summed E-state index contributed by atoms with van der Waals surface area (Å²) in [6.45, 7) is 0. The average molecular weight is 251 g/mol. The summed E-state index contributed by atoms with van der Waals surface area (Å²) in [5.41, 5.74) is 3.85. The molecule has 17 heavy (non-hydrogen) atoms. The van der Waals surface area contributed by atoms with Crippen molar-refractivity contribution in [2.45, 2.75) is 18.1 Å². The topological polar surface area (TPSA) is 63.3 Å². The molecule has 0 saturated heterocycles. The number of halogens is 4. The van der Waals surface area contributed by atoms with Crippen LogP contribution in [0, 0.1) is 0 Å². The molecule has 0 aliphatic heterocycles. The Bertz CT molecular complexity index is 406. The first-order chi connectivity index (χ1) is 7.71. The molecule has 0 spiro atoms. The minimum atomic E-state index is -4.50. The predicted octanol–water partition coefficient (Wildman–Crippen LogP) is 1.42. The van der Waals surface area contributed by atoms with Crippen molar-refractivity contribution in [3.8, 4) is 0 Å². The number of hydrogen-bond donors (Lipinski definition) is 2. The van der Waals surface area contributed by atoms with E-state index in [-0.39, 0.29) is 0 Å². The van der Waals surface area contributed by atoms with Gasteiger partial charge in [0.1, 0.15) is 0 Å². The van der Waals surface area contributed by atoms with Crippen molar-refractivity contribution in [2.75, 3.05) is 0 Å². The number of benzene rings is 1. The Hall–Kier alpha value is -1.47. The summed E-state index contributed by atoms with van der Waals surface area (Å²) < 4.78 is 50.8. The Morgan fingerprint density at radius 2 is 1.71 bits per heavy atom. The van der Waals surface area contributed by atoms with Crippen molar-refractivity contribution < 1.29 is 27.5 Å². The summed E-state index contributed by atoms with van der Waals surface area (Å²) in [6.07, 6.45) is -4.05. The fourth-order valence-electron chi connectivity index (χ4n) is 1.10. The molecule has 3 N–H and O–H groups in total. The second kappa shape index (κ2) is 4.42. The first-order valence-corrected chi connectivity index (χ1v) is 4.48. The van der Waals surface area contributed by atoms with Gasteiger partial charge in [-0.1, -0.05) is 30.3 Å². The standard InChI is InChI=1S/C10H9F4NO2/c11-8(12)9(13,15)10(14,17)7(16)6-4-2-1-3-5-6/h1-5,8,17H,15H2. The molecule has 0 radical (unpaired) electrons. The second-order valence-electron chi connectivity index (χ2n) is 3.39. The smallest absolute Gasteiger partial charge is 0.324 e. The molecule has 1 rings (SSSR count). The van der Waals surface area contributed by atoms with Crippen LogP contribution in [0.5, 0.6) is 0 Å². The third-order valence-corrected chi connectivity index (χ3v) is 2.16. The molecule has 3 nitrogen and oxygen atoms in total. The molecule has 7 heteroatoms. The third-order valence-electron chi connectivity index (χ3n) is 2.16. The lowest BCUT2D eigenvalue weighted by atomic mass is 9.97. The highest BCUT2D eigenvalue weighted by Gasteiger charge is 2.61. The van der Waals surface area contributed by atoms with Crippen molar-refractivity contribution in [3.63, 3.8) is 0 Å². The van der Waals surface area contributed by atoms with Crippen molar-refractivity contribution in [1.29, 1.82) is 0 Å². The van der Waals surface area contributed by atoms with E-state index in [0.717, 1.165) is 12.1 Å². The van der Waals surface area contributed by atoms with E-state index in [1.807, 2.05) is 0 Å². The van der Waals surface area contributed by atoms with Crippen LogP contribution in [-0.2, 0) is 0 Å². The predicted molar refractivity (Wildman–Crippen MR) is 50.9 cm³/mol. The van der Waals surface area contributed by atoms with Gasteiger partial charge in [0.15, 0.2) is 0 Å². The molecule has 0 saturated carbocycles. The van der Waals surface area contributed by atoms with E-state index in [4.69, 9.17) is 5.11 Å². The van der Waals surface area contributed by atoms with Gasteiger partial charge >= 0.3 is 5.85 Å². The lowest BCUT2D eigenvalue weighted by Crippen LogP contribution is -2.63. The number of aliphatic hydroxyl groups is 1. The van der Waals surface area contributed by atoms with Gasteiger partial charge in [0.05, 0.1) is 0 Å². The molecule has 0 amide bonds.